The number of hydrogen-bond donors (Lipinski definition) is 1. The van der Waals surface area contributed by atoms with Crippen molar-refractivity contribution in [3.63, 3.8) is 0 Å². The van der Waals surface area contributed by atoms with Gasteiger partial charge in [0.05, 0.1) is 7.11 Å². The number of esters is 1. The van der Waals surface area contributed by atoms with Gasteiger partial charge in [-0.2, -0.15) is 0 Å². The first kappa shape index (κ1) is 13.2. The SMILES string of the molecule is COC(=O)c1cc(-c2ccccc2)c2ccccc2c1O. The molecule has 3 heteroatoms. The van der Waals surface area contributed by atoms with Gasteiger partial charge in [-0.05, 0) is 22.6 Å². The molecule has 0 saturated carbocycles. The van der Waals surface area contributed by atoms with Gasteiger partial charge in [0.15, 0.2) is 0 Å². The number of benzene rings is 3. The summed E-state index contributed by atoms with van der Waals surface area (Å²) in [5.74, 6) is -0.590. The summed E-state index contributed by atoms with van der Waals surface area (Å²) in [6.07, 6.45) is 0. The number of aromatic hydroxyl groups is 1. The normalized spacial score (nSPS) is 10.5. The standard InChI is InChI=1S/C18H14O3/c1-21-18(20)16-11-15(12-7-3-2-4-8-12)13-9-5-6-10-14(13)17(16)19/h2-11,19H,1H3. The number of phenolic OH excluding ortho intramolecular Hbond substituents is 1. The molecule has 0 fully saturated rings. The molecule has 0 aliphatic rings. The highest BCUT2D eigenvalue weighted by Crippen LogP contribution is 2.37. The van der Waals surface area contributed by atoms with E-state index in [0.717, 1.165) is 16.5 Å². The van der Waals surface area contributed by atoms with Gasteiger partial charge in [-0.25, -0.2) is 4.79 Å². The van der Waals surface area contributed by atoms with Gasteiger partial charge < -0.3 is 9.84 Å². The predicted octanol–water partition coefficient (Wildman–Crippen LogP) is 4.00. The molecule has 0 amide bonds. The van der Waals surface area contributed by atoms with Crippen molar-refractivity contribution in [2.45, 2.75) is 0 Å². The Morgan fingerprint density at radius 3 is 2.24 bits per heavy atom. The molecule has 0 aliphatic heterocycles. The average Bonchev–Trinajstić information content (AvgIpc) is 2.55. The van der Waals surface area contributed by atoms with E-state index >= 15 is 0 Å². The van der Waals surface area contributed by atoms with Gasteiger partial charge in [-0.1, -0.05) is 54.6 Å². The fourth-order valence-electron chi connectivity index (χ4n) is 2.48. The number of methoxy groups -OCH3 is 1. The van der Waals surface area contributed by atoms with E-state index in [1.165, 1.54) is 7.11 Å². The molecule has 3 aromatic rings. The van der Waals surface area contributed by atoms with Crippen LogP contribution in [-0.2, 0) is 4.74 Å². The maximum absolute atomic E-state index is 11.9. The zero-order chi connectivity index (χ0) is 14.8. The zero-order valence-corrected chi connectivity index (χ0v) is 11.5. The van der Waals surface area contributed by atoms with Gasteiger partial charge in [0.25, 0.3) is 0 Å². The molecule has 3 rings (SSSR count). The molecule has 0 heterocycles. The molecule has 3 nitrogen and oxygen atoms in total. The lowest BCUT2D eigenvalue weighted by atomic mass is 9.94. The van der Waals surface area contributed by atoms with Gasteiger partial charge >= 0.3 is 5.97 Å². The summed E-state index contributed by atoms with van der Waals surface area (Å²) < 4.78 is 4.76. The second-order valence-electron chi connectivity index (χ2n) is 4.72. The maximum Gasteiger partial charge on any atom is 0.341 e. The lowest BCUT2D eigenvalue weighted by Gasteiger charge is -2.12. The Kier molecular flexibility index (Phi) is 3.32. The topological polar surface area (TPSA) is 46.5 Å². The first-order valence-electron chi connectivity index (χ1n) is 6.61. The van der Waals surface area contributed by atoms with Crippen LogP contribution in [-0.4, -0.2) is 18.2 Å². The van der Waals surface area contributed by atoms with E-state index in [0.29, 0.717) is 5.39 Å². The summed E-state index contributed by atoms with van der Waals surface area (Å²) in [5, 5.41) is 11.9. The van der Waals surface area contributed by atoms with Crippen LogP contribution in [0.2, 0.25) is 0 Å². The molecular weight excluding hydrogens is 264 g/mol. The second-order valence-corrected chi connectivity index (χ2v) is 4.72. The smallest absolute Gasteiger partial charge is 0.341 e. The number of rotatable bonds is 2. The lowest BCUT2D eigenvalue weighted by Crippen LogP contribution is -2.02. The van der Waals surface area contributed by atoms with Crippen LogP contribution in [0.1, 0.15) is 10.4 Å². The van der Waals surface area contributed by atoms with Crippen LogP contribution in [0.25, 0.3) is 21.9 Å². The van der Waals surface area contributed by atoms with Crippen molar-refractivity contribution < 1.29 is 14.6 Å². The van der Waals surface area contributed by atoms with Gasteiger partial charge in [0.2, 0.25) is 0 Å². The Morgan fingerprint density at radius 1 is 0.952 bits per heavy atom. The molecule has 1 N–H and O–H groups in total. The molecule has 0 unspecified atom stereocenters. The summed E-state index contributed by atoms with van der Waals surface area (Å²) in [4.78, 5) is 11.9. The van der Waals surface area contributed by atoms with E-state index < -0.39 is 5.97 Å². The third kappa shape index (κ3) is 2.23. The number of hydrogen-bond acceptors (Lipinski definition) is 3. The van der Waals surface area contributed by atoms with E-state index in [1.807, 2.05) is 48.5 Å². The molecule has 21 heavy (non-hydrogen) atoms. The van der Waals surface area contributed by atoms with E-state index in [2.05, 4.69) is 0 Å². The molecule has 0 bridgehead atoms. The molecular formula is C18H14O3. The Labute approximate surface area is 122 Å². The molecule has 104 valence electrons. The van der Waals surface area contributed by atoms with E-state index in [1.54, 1.807) is 12.1 Å². The van der Waals surface area contributed by atoms with Crippen LogP contribution in [0.4, 0.5) is 0 Å². The lowest BCUT2D eigenvalue weighted by molar-refractivity contribution is 0.0598. The van der Waals surface area contributed by atoms with Crippen molar-refractivity contribution in [3.05, 3.63) is 66.2 Å². The highest BCUT2D eigenvalue weighted by Gasteiger charge is 2.17. The monoisotopic (exact) mass is 278 g/mol. The van der Waals surface area contributed by atoms with Gasteiger partial charge in [-0.3, -0.25) is 0 Å². The molecule has 0 aliphatic carbocycles. The number of fused-ring (bicyclic) bond motifs is 1. The largest absolute Gasteiger partial charge is 0.506 e. The quantitative estimate of drug-likeness (QED) is 0.721. The van der Waals surface area contributed by atoms with Crippen molar-refractivity contribution >= 4 is 16.7 Å². The van der Waals surface area contributed by atoms with E-state index in [9.17, 15) is 9.90 Å². The van der Waals surface area contributed by atoms with Crippen LogP contribution in [0, 0.1) is 0 Å². The summed E-state index contributed by atoms with van der Waals surface area (Å²) in [7, 11) is 1.30. The van der Waals surface area contributed by atoms with Crippen molar-refractivity contribution in [2.24, 2.45) is 0 Å². The minimum absolute atomic E-state index is 0.0443. The number of carbonyl (C=O) groups is 1. The van der Waals surface area contributed by atoms with Crippen molar-refractivity contribution in [1.29, 1.82) is 0 Å². The van der Waals surface area contributed by atoms with Gasteiger partial charge in [0, 0.05) is 5.39 Å². The van der Waals surface area contributed by atoms with E-state index in [-0.39, 0.29) is 11.3 Å². The Morgan fingerprint density at radius 2 is 1.57 bits per heavy atom. The van der Waals surface area contributed by atoms with Gasteiger partial charge in [-0.15, -0.1) is 0 Å². The predicted molar refractivity (Wildman–Crippen MR) is 82.4 cm³/mol. The first-order chi connectivity index (χ1) is 10.2. The molecule has 0 atom stereocenters. The number of ether oxygens (including phenoxy) is 1. The summed E-state index contributed by atoms with van der Waals surface area (Å²) in [5.41, 5.74) is 2.05. The van der Waals surface area contributed by atoms with Crippen LogP contribution < -0.4 is 0 Å². The zero-order valence-electron chi connectivity index (χ0n) is 11.5. The van der Waals surface area contributed by atoms with Crippen LogP contribution in [0.15, 0.2) is 60.7 Å². The highest BCUT2D eigenvalue weighted by atomic mass is 16.5. The van der Waals surface area contributed by atoms with Crippen LogP contribution in [0.3, 0.4) is 0 Å². The summed E-state index contributed by atoms with van der Waals surface area (Å²) in [6, 6.07) is 18.9. The first-order valence-corrected chi connectivity index (χ1v) is 6.61. The fourth-order valence-corrected chi connectivity index (χ4v) is 2.48. The van der Waals surface area contributed by atoms with Crippen molar-refractivity contribution in [1.82, 2.24) is 0 Å². The summed E-state index contributed by atoms with van der Waals surface area (Å²) in [6.45, 7) is 0. The maximum atomic E-state index is 11.9. The van der Waals surface area contributed by atoms with Gasteiger partial charge in [0.1, 0.15) is 11.3 Å². The fraction of sp³-hybridized carbons (Fsp3) is 0.0556. The highest BCUT2D eigenvalue weighted by molar-refractivity contribution is 6.07. The Bertz CT molecular complexity index is 807. The Balaban J connectivity index is 2.38. The minimum atomic E-state index is -0.546. The summed E-state index contributed by atoms with van der Waals surface area (Å²) >= 11 is 0. The minimum Gasteiger partial charge on any atom is -0.506 e. The number of phenols is 1. The molecule has 0 saturated heterocycles. The third-order valence-corrected chi connectivity index (χ3v) is 3.51. The average molecular weight is 278 g/mol. The molecule has 3 aromatic carbocycles. The third-order valence-electron chi connectivity index (χ3n) is 3.51. The molecule has 0 radical (unpaired) electrons. The van der Waals surface area contributed by atoms with E-state index in [4.69, 9.17) is 4.74 Å². The van der Waals surface area contributed by atoms with Crippen LogP contribution in [0.5, 0.6) is 5.75 Å². The van der Waals surface area contributed by atoms with Crippen LogP contribution >= 0.6 is 0 Å². The van der Waals surface area contributed by atoms with Crippen molar-refractivity contribution in [3.8, 4) is 16.9 Å². The van der Waals surface area contributed by atoms with Crippen molar-refractivity contribution in [2.75, 3.05) is 7.11 Å². The molecule has 0 spiro atoms. The Hall–Kier alpha value is -2.81. The molecule has 0 aromatic heterocycles. The second kappa shape index (κ2) is 5.29. The number of carbonyl (C=O) groups excluding carboxylic acids is 1.